The zero-order valence-corrected chi connectivity index (χ0v) is 16.4. The molecule has 1 atom stereocenters. The number of carbonyl (C=O) groups excluding carboxylic acids is 2. The fraction of sp³-hybridized carbons (Fsp3) is 0.300. The van der Waals surface area contributed by atoms with E-state index in [0.717, 1.165) is 11.1 Å². The van der Waals surface area contributed by atoms with E-state index in [1.807, 2.05) is 18.2 Å². The van der Waals surface area contributed by atoms with Gasteiger partial charge in [0.05, 0.1) is 13.2 Å². The molecule has 27 heavy (non-hydrogen) atoms. The van der Waals surface area contributed by atoms with Crippen LogP contribution in [0.15, 0.2) is 48.5 Å². The third-order valence-electron chi connectivity index (χ3n) is 3.78. The standard InChI is InChI=1S/C20H21Cl2NO4/c1-2-26-19(24)18(13-14-7-9-16(21)10-8-14)23-20(25)27-12-11-15-5-3-4-6-17(15)22/h3-10,18H,2,11-13H2,1H3,(H,23,25). The van der Waals surface area contributed by atoms with Crippen LogP contribution in [0.3, 0.4) is 0 Å². The van der Waals surface area contributed by atoms with Crippen LogP contribution in [0.1, 0.15) is 18.1 Å². The second kappa shape index (κ2) is 10.8. The van der Waals surface area contributed by atoms with Crippen molar-refractivity contribution in [2.24, 2.45) is 0 Å². The van der Waals surface area contributed by atoms with Crippen molar-refractivity contribution in [1.29, 1.82) is 0 Å². The molecule has 2 aromatic rings. The molecule has 0 radical (unpaired) electrons. The van der Waals surface area contributed by atoms with E-state index in [2.05, 4.69) is 5.32 Å². The van der Waals surface area contributed by atoms with Gasteiger partial charge in [-0.1, -0.05) is 53.5 Å². The largest absolute Gasteiger partial charge is 0.464 e. The fourth-order valence-corrected chi connectivity index (χ4v) is 2.79. The summed E-state index contributed by atoms with van der Waals surface area (Å²) in [5.41, 5.74) is 1.73. The summed E-state index contributed by atoms with van der Waals surface area (Å²) in [7, 11) is 0. The Hall–Kier alpha value is -2.24. The lowest BCUT2D eigenvalue weighted by molar-refractivity contribution is -0.145. The molecule has 7 heteroatoms. The van der Waals surface area contributed by atoms with Gasteiger partial charge in [-0.15, -0.1) is 0 Å². The summed E-state index contributed by atoms with van der Waals surface area (Å²) in [6, 6.07) is 13.5. The van der Waals surface area contributed by atoms with Gasteiger partial charge in [-0.25, -0.2) is 9.59 Å². The van der Waals surface area contributed by atoms with E-state index in [0.29, 0.717) is 16.5 Å². The number of amides is 1. The summed E-state index contributed by atoms with van der Waals surface area (Å²) in [6.07, 6.45) is 0.0679. The van der Waals surface area contributed by atoms with Crippen LogP contribution in [-0.4, -0.2) is 31.3 Å². The summed E-state index contributed by atoms with van der Waals surface area (Å²) in [4.78, 5) is 24.2. The number of benzene rings is 2. The smallest absolute Gasteiger partial charge is 0.407 e. The lowest BCUT2D eigenvalue weighted by Crippen LogP contribution is -2.43. The number of halogens is 2. The quantitative estimate of drug-likeness (QED) is 0.654. The average Bonchev–Trinajstić information content (AvgIpc) is 2.65. The van der Waals surface area contributed by atoms with Gasteiger partial charge in [-0.3, -0.25) is 0 Å². The van der Waals surface area contributed by atoms with Gasteiger partial charge in [0.2, 0.25) is 0 Å². The van der Waals surface area contributed by atoms with Crippen LogP contribution in [0, 0.1) is 0 Å². The molecule has 0 saturated heterocycles. The van der Waals surface area contributed by atoms with Crippen LogP contribution in [0.25, 0.3) is 0 Å². The van der Waals surface area contributed by atoms with Gasteiger partial charge >= 0.3 is 12.1 Å². The molecular weight excluding hydrogens is 389 g/mol. The first kappa shape index (κ1) is 21.1. The van der Waals surface area contributed by atoms with Crippen LogP contribution in [-0.2, 0) is 27.1 Å². The lowest BCUT2D eigenvalue weighted by Gasteiger charge is -2.17. The molecule has 0 spiro atoms. The predicted molar refractivity (Wildman–Crippen MR) is 105 cm³/mol. The van der Waals surface area contributed by atoms with Crippen molar-refractivity contribution in [2.45, 2.75) is 25.8 Å². The Labute approximate surface area is 168 Å². The van der Waals surface area contributed by atoms with E-state index in [1.165, 1.54) is 0 Å². The van der Waals surface area contributed by atoms with E-state index in [-0.39, 0.29) is 19.6 Å². The molecule has 5 nitrogen and oxygen atoms in total. The number of alkyl carbamates (subject to hydrolysis) is 1. The van der Waals surface area contributed by atoms with Gasteiger partial charge in [0, 0.05) is 22.9 Å². The number of esters is 1. The van der Waals surface area contributed by atoms with Crippen molar-refractivity contribution in [3.63, 3.8) is 0 Å². The third-order valence-corrected chi connectivity index (χ3v) is 4.40. The van der Waals surface area contributed by atoms with Crippen molar-refractivity contribution < 1.29 is 19.1 Å². The Morgan fingerprint density at radius 3 is 2.41 bits per heavy atom. The van der Waals surface area contributed by atoms with Gasteiger partial charge in [0.1, 0.15) is 6.04 Å². The van der Waals surface area contributed by atoms with Crippen LogP contribution in [0.5, 0.6) is 0 Å². The molecule has 0 bridgehead atoms. The summed E-state index contributed by atoms with van der Waals surface area (Å²) in [5.74, 6) is -0.518. The zero-order chi connectivity index (χ0) is 19.6. The molecule has 2 aromatic carbocycles. The van der Waals surface area contributed by atoms with Crippen molar-refractivity contribution in [1.82, 2.24) is 5.32 Å². The summed E-state index contributed by atoms with van der Waals surface area (Å²) in [5, 5.41) is 3.78. The molecule has 1 unspecified atom stereocenters. The maximum Gasteiger partial charge on any atom is 0.407 e. The third kappa shape index (κ3) is 7.12. The molecule has 0 aliphatic heterocycles. The summed E-state index contributed by atoms with van der Waals surface area (Å²) >= 11 is 11.9. The SMILES string of the molecule is CCOC(=O)C(Cc1ccc(Cl)cc1)NC(=O)OCCc1ccccc1Cl. The number of nitrogens with one attached hydrogen (secondary N) is 1. The van der Waals surface area contributed by atoms with E-state index in [1.54, 1.807) is 37.3 Å². The van der Waals surface area contributed by atoms with Gasteiger partial charge in [-0.05, 0) is 36.2 Å². The van der Waals surface area contributed by atoms with Crippen molar-refractivity contribution in [3.8, 4) is 0 Å². The van der Waals surface area contributed by atoms with E-state index >= 15 is 0 Å². The Balaban J connectivity index is 1.91. The van der Waals surface area contributed by atoms with E-state index in [4.69, 9.17) is 32.7 Å². The number of carbonyl (C=O) groups is 2. The number of hydrogen-bond donors (Lipinski definition) is 1. The molecule has 0 saturated carbocycles. The van der Waals surface area contributed by atoms with Crippen LogP contribution >= 0.6 is 23.2 Å². The Kier molecular flexibility index (Phi) is 8.43. The molecule has 0 aliphatic carbocycles. The normalized spacial score (nSPS) is 11.5. The van der Waals surface area contributed by atoms with Crippen molar-refractivity contribution in [2.75, 3.05) is 13.2 Å². The molecule has 0 heterocycles. The van der Waals surface area contributed by atoms with Crippen LogP contribution < -0.4 is 5.32 Å². The Morgan fingerprint density at radius 1 is 1.04 bits per heavy atom. The zero-order valence-electron chi connectivity index (χ0n) is 14.9. The highest BCUT2D eigenvalue weighted by atomic mass is 35.5. The van der Waals surface area contributed by atoms with Gasteiger partial charge in [-0.2, -0.15) is 0 Å². The highest BCUT2D eigenvalue weighted by Crippen LogP contribution is 2.15. The maximum atomic E-state index is 12.2. The van der Waals surface area contributed by atoms with Gasteiger partial charge < -0.3 is 14.8 Å². The Morgan fingerprint density at radius 2 is 1.74 bits per heavy atom. The molecule has 1 N–H and O–H groups in total. The summed E-state index contributed by atoms with van der Waals surface area (Å²) in [6.45, 7) is 2.07. The first-order valence-electron chi connectivity index (χ1n) is 8.57. The highest BCUT2D eigenvalue weighted by molar-refractivity contribution is 6.31. The van der Waals surface area contributed by atoms with Crippen molar-refractivity contribution in [3.05, 3.63) is 69.7 Å². The molecule has 1 amide bonds. The molecular formula is C20H21Cl2NO4. The van der Waals surface area contributed by atoms with Crippen LogP contribution in [0.4, 0.5) is 4.79 Å². The number of hydrogen-bond acceptors (Lipinski definition) is 4. The van der Waals surface area contributed by atoms with E-state index in [9.17, 15) is 9.59 Å². The maximum absolute atomic E-state index is 12.2. The average molecular weight is 410 g/mol. The topological polar surface area (TPSA) is 64.6 Å². The highest BCUT2D eigenvalue weighted by Gasteiger charge is 2.23. The number of rotatable bonds is 8. The second-order valence-corrected chi connectivity index (χ2v) is 6.60. The molecule has 2 rings (SSSR count). The first-order chi connectivity index (χ1) is 13.0. The molecule has 0 aromatic heterocycles. The Bertz CT molecular complexity index is 765. The van der Waals surface area contributed by atoms with Gasteiger partial charge in [0.25, 0.3) is 0 Å². The molecule has 0 fully saturated rings. The minimum Gasteiger partial charge on any atom is -0.464 e. The minimum absolute atomic E-state index is 0.145. The van der Waals surface area contributed by atoms with Crippen LogP contribution in [0.2, 0.25) is 10.0 Å². The molecule has 144 valence electrons. The number of ether oxygens (including phenoxy) is 2. The predicted octanol–water partition coefficient (Wildman–Crippen LogP) is 4.44. The lowest BCUT2D eigenvalue weighted by atomic mass is 10.1. The van der Waals surface area contributed by atoms with Crippen molar-refractivity contribution >= 4 is 35.3 Å². The fourth-order valence-electron chi connectivity index (χ4n) is 2.43. The van der Waals surface area contributed by atoms with Gasteiger partial charge in [0.15, 0.2) is 0 Å². The van der Waals surface area contributed by atoms with E-state index < -0.39 is 18.1 Å². The minimum atomic E-state index is -0.848. The second-order valence-electron chi connectivity index (χ2n) is 5.76. The monoisotopic (exact) mass is 409 g/mol. The molecule has 0 aliphatic rings. The summed E-state index contributed by atoms with van der Waals surface area (Å²) < 4.78 is 10.2. The first-order valence-corrected chi connectivity index (χ1v) is 9.33.